The summed E-state index contributed by atoms with van der Waals surface area (Å²) in [6.07, 6.45) is 0. The van der Waals surface area contributed by atoms with E-state index in [2.05, 4.69) is 0 Å². The molecule has 1 heterocycles. The molecule has 0 saturated heterocycles. The molecule has 0 atom stereocenters. The Morgan fingerprint density at radius 2 is 1.83 bits per heavy atom. The van der Waals surface area contributed by atoms with Crippen molar-refractivity contribution >= 4 is 16.9 Å². The molecule has 0 aliphatic rings. The second-order valence-corrected chi connectivity index (χ2v) is 5.08. The Morgan fingerprint density at radius 3 is 2.43 bits per heavy atom. The number of nitrogens with two attached hydrogens (primary N) is 1. The Balaban J connectivity index is 2.07. The lowest BCUT2D eigenvalue weighted by molar-refractivity contribution is 0.0601. The Labute approximate surface area is 133 Å². The lowest BCUT2D eigenvalue weighted by Crippen LogP contribution is -2.00. The van der Waals surface area contributed by atoms with Crippen molar-refractivity contribution in [1.82, 2.24) is 0 Å². The van der Waals surface area contributed by atoms with E-state index >= 15 is 0 Å². The number of methoxy groups -OCH3 is 2. The number of fused-ring (bicyclic) bond motifs is 1. The highest BCUT2D eigenvalue weighted by molar-refractivity contribution is 5.91. The van der Waals surface area contributed by atoms with Gasteiger partial charge in [0.1, 0.15) is 5.76 Å². The minimum absolute atomic E-state index is 0.334. The third kappa shape index (κ3) is 2.78. The highest BCUT2D eigenvalue weighted by Gasteiger charge is 2.12. The SMILES string of the molecule is COC(=O)c1ccc(-c2cc(OC)c3oc(CN)cc3c2)cc1. The first kappa shape index (κ1) is 15.1. The van der Waals surface area contributed by atoms with E-state index < -0.39 is 0 Å². The monoisotopic (exact) mass is 311 g/mol. The van der Waals surface area contributed by atoms with Crippen LogP contribution in [0.3, 0.4) is 0 Å². The van der Waals surface area contributed by atoms with Gasteiger partial charge in [0.05, 0.1) is 26.3 Å². The van der Waals surface area contributed by atoms with Crippen LogP contribution in [-0.4, -0.2) is 20.2 Å². The molecule has 23 heavy (non-hydrogen) atoms. The largest absolute Gasteiger partial charge is 0.493 e. The molecule has 2 aromatic carbocycles. The maximum absolute atomic E-state index is 11.5. The summed E-state index contributed by atoms with van der Waals surface area (Å²) in [6, 6.07) is 13.0. The van der Waals surface area contributed by atoms with Crippen LogP contribution < -0.4 is 10.5 Å². The molecule has 0 saturated carbocycles. The lowest BCUT2D eigenvalue weighted by Gasteiger charge is -2.07. The molecule has 118 valence electrons. The summed E-state index contributed by atoms with van der Waals surface area (Å²) in [4.78, 5) is 11.5. The molecule has 2 N–H and O–H groups in total. The van der Waals surface area contributed by atoms with Crippen LogP contribution in [-0.2, 0) is 11.3 Å². The van der Waals surface area contributed by atoms with Gasteiger partial charge in [-0.15, -0.1) is 0 Å². The molecule has 0 fully saturated rings. The van der Waals surface area contributed by atoms with Crippen LogP contribution in [0.5, 0.6) is 5.75 Å². The average Bonchev–Trinajstić information content (AvgIpc) is 3.03. The van der Waals surface area contributed by atoms with Crippen molar-refractivity contribution in [3.63, 3.8) is 0 Å². The van der Waals surface area contributed by atoms with Crippen LogP contribution >= 0.6 is 0 Å². The number of benzene rings is 2. The van der Waals surface area contributed by atoms with Crippen LogP contribution in [0.1, 0.15) is 16.1 Å². The standard InChI is InChI=1S/C18H17NO4/c1-21-16-9-13(7-14-8-15(10-19)23-17(14)16)11-3-5-12(6-4-11)18(20)22-2/h3-9H,10,19H2,1-2H3. The molecule has 1 aromatic heterocycles. The van der Waals surface area contributed by atoms with Crippen molar-refractivity contribution < 1.29 is 18.7 Å². The molecule has 0 unspecified atom stereocenters. The predicted octanol–water partition coefficient (Wildman–Crippen LogP) is 3.35. The van der Waals surface area contributed by atoms with Gasteiger partial charge in [0.2, 0.25) is 0 Å². The van der Waals surface area contributed by atoms with Crippen molar-refractivity contribution in [3.05, 3.63) is 53.8 Å². The molecule has 0 radical (unpaired) electrons. The van der Waals surface area contributed by atoms with E-state index in [9.17, 15) is 4.79 Å². The number of furan rings is 1. The first-order valence-corrected chi connectivity index (χ1v) is 7.15. The zero-order chi connectivity index (χ0) is 16.4. The second-order valence-electron chi connectivity index (χ2n) is 5.08. The van der Waals surface area contributed by atoms with Gasteiger partial charge in [0.15, 0.2) is 11.3 Å². The van der Waals surface area contributed by atoms with E-state index in [1.165, 1.54) is 7.11 Å². The Bertz CT molecular complexity index is 849. The van der Waals surface area contributed by atoms with Gasteiger partial charge in [-0.2, -0.15) is 0 Å². The summed E-state index contributed by atoms with van der Waals surface area (Å²) in [6.45, 7) is 0.334. The first-order chi connectivity index (χ1) is 11.2. The van der Waals surface area contributed by atoms with Crippen molar-refractivity contribution in [2.45, 2.75) is 6.54 Å². The van der Waals surface area contributed by atoms with Gasteiger partial charge >= 0.3 is 5.97 Å². The zero-order valence-electron chi connectivity index (χ0n) is 13.0. The average molecular weight is 311 g/mol. The number of hydrogen-bond donors (Lipinski definition) is 1. The Kier molecular flexibility index (Phi) is 4.04. The number of carbonyl (C=O) groups is 1. The van der Waals surface area contributed by atoms with Gasteiger partial charge in [-0.1, -0.05) is 12.1 Å². The minimum atomic E-state index is -0.355. The Morgan fingerprint density at radius 1 is 1.09 bits per heavy atom. The van der Waals surface area contributed by atoms with Gasteiger partial charge in [-0.25, -0.2) is 4.79 Å². The normalized spacial score (nSPS) is 10.7. The van der Waals surface area contributed by atoms with E-state index in [-0.39, 0.29) is 5.97 Å². The van der Waals surface area contributed by atoms with Crippen molar-refractivity contribution in [2.24, 2.45) is 5.73 Å². The van der Waals surface area contributed by atoms with E-state index in [1.807, 2.05) is 30.3 Å². The smallest absolute Gasteiger partial charge is 0.337 e. The van der Waals surface area contributed by atoms with Crippen LogP contribution in [0.4, 0.5) is 0 Å². The van der Waals surface area contributed by atoms with Gasteiger partial charge in [0.25, 0.3) is 0 Å². The number of rotatable bonds is 4. The summed E-state index contributed by atoms with van der Waals surface area (Å²) in [5.74, 6) is 0.998. The Hall–Kier alpha value is -2.79. The maximum atomic E-state index is 11.5. The summed E-state index contributed by atoms with van der Waals surface area (Å²) in [5.41, 5.74) is 8.76. The molecule has 3 aromatic rings. The van der Waals surface area contributed by atoms with Gasteiger partial charge in [-0.05, 0) is 41.5 Å². The lowest BCUT2D eigenvalue weighted by atomic mass is 10.0. The first-order valence-electron chi connectivity index (χ1n) is 7.15. The number of ether oxygens (including phenoxy) is 2. The molecule has 5 heteroatoms. The number of carbonyl (C=O) groups excluding carboxylic acids is 1. The second kappa shape index (κ2) is 6.14. The molecule has 0 spiro atoms. The fraction of sp³-hybridized carbons (Fsp3) is 0.167. The topological polar surface area (TPSA) is 74.7 Å². The van der Waals surface area contributed by atoms with Crippen molar-refractivity contribution in [3.8, 4) is 16.9 Å². The molecule has 0 aliphatic carbocycles. The van der Waals surface area contributed by atoms with Crippen molar-refractivity contribution in [2.75, 3.05) is 14.2 Å². The zero-order valence-corrected chi connectivity index (χ0v) is 13.0. The van der Waals surface area contributed by atoms with E-state index in [0.717, 1.165) is 16.5 Å². The summed E-state index contributed by atoms with van der Waals surface area (Å²) in [7, 11) is 2.96. The van der Waals surface area contributed by atoms with Gasteiger partial charge in [0, 0.05) is 5.39 Å². The quantitative estimate of drug-likeness (QED) is 0.748. The molecule has 0 bridgehead atoms. The minimum Gasteiger partial charge on any atom is -0.493 e. The third-order valence-corrected chi connectivity index (χ3v) is 3.69. The van der Waals surface area contributed by atoms with E-state index in [0.29, 0.717) is 29.2 Å². The number of esters is 1. The van der Waals surface area contributed by atoms with Crippen LogP contribution in [0.15, 0.2) is 46.9 Å². The van der Waals surface area contributed by atoms with Crippen LogP contribution in [0, 0.1) is 0 Å². The maximum Gasteiger partial charge on any atom is 0.337 e. The summed E-state index contributed by atoms with van der Waals surface area (Å²) < 4.78 is 15.8. The van der Waals surface area contributed by atoms with Crippen molar-refractivity contribution in [1.29, 1.82) is 0 Å². The number of hydrogen-bond acceptors (Lipinski definition) is 5. The highest BCUT2D eigenvalue weighted by Crippen LogP contribution is 2.34. The van der Waals surface area contributed by atoms with E-state index in [4.69, 9.17) is 19.6 Å². The highest BCUT2D eigenvalue weighted by atomic mass is 16.5. The molecule has 0 aliphatic heterocycles. The molecular formula is C18H17NO4. The molecule has 0 amide bonds. The molecule has 5 nitrogen and oxygen atoms in total. The fourth-order valence-electron chi connectivity index (χ4n) is 2.51. The summed E-state index contributed by atoms with van der Waals surface area (Å²) >= 11 is 0. The van der Waals surface area contributed by atoms with Crippen LogP contribution in [0.2, 0.25) is 0 Å². The molecule has 3 rings (SSSR count). The van der Waals surface area contributed by atoms with Gasteiger partial charge in [-0.3, -0.25) is 0 Å². The third-order valence-electron chi connectivity index (χ3n) is 3.69. The van der Waals surface area contributed by atoms with Crippen LogP contribution in [0.25, 0.3) is 22.1 Å². The van der Waals surface area contributed by atoms with E-state index in [1.54, 1.807) is 19.2 Å². The van der Waals surface area contributed by atoms with Gasteiger partial charge < -0.3 is 19.6 Å². The fourth-order valence-corrected chi connectivity index (χ4v) is 2.51. The predicted molar refractivity (Wildman–Crippen MR) is 87.4 cm³/mol. The summed E-state index contributed by atoms with van der Waals surface area (Å²) in [5, 5.41) is 0.928. The molecular weight excluding hydrogens is 294 g/mol.